The summed E-state index contributed by atoms with van der Waals surface area (Å²) in [4.78, 5) is 2.35. The topological polar surface area (TPSA) is 24.5 Å². The second kappa shape index (κ2) is 6.99. The molecule has 1 saturated heterocycles. The first kappa shape index (κ1) is 16.6. The minimum atomic E-state index is -0.0978. The molecule has 1 aliphatic rings. The molecule has 0 bridgehead atoms. The molecule has 0 amide bonds. The highest BCUT2D eigenvalue weighted by molar-refractivity contribution is 6.31. The molecule has 1 heterocycles. The second-order valence-corrected chi connectivity index (χ2v) is 6.82. The summed E-state index contributed by atoms with van der Waals surface area (Å²) < 4.78 is 5.77. The van der Waals surface area contributed by atoms with E-state index >= 15 is 0 Å². The van der Waals surface area contributed by atoms with Gasteiger partial charge in [0.15, 0.2) is 0 Å². The van der Waals surface area contributed by atoms with Gasteiger partial charge in [0, 0.05) is 29.8 Å². The molecule has 1 atom stereocenters. The standard InChI is InChI=1S/C17H27ClN2O/c1-5-8-19-13(2)15-7-6-14(11-16(15)18)20-9-10-21-17(3,4)12-20/h6-7,11,13,19H,5,8-10,12H2,1-4H3. The Morgan fingerprint density at radius 2 is 2.19 bits per heavy atom. The van der Waals surface area contributed by atoms with Gasteiger partial charge in [0.2, 0.25) is 0 Å². The Morgan fingerprint density at radius 1 is 1.43 bits per heavy atom. The van der Waals surface area contributed by atoms with Gasteiger partial charge >= 0.3 is 0 Å². The van der Waals surface area contributed by atoms with Gasteiger partial charge in [-0.15, -0.1) is 0 Å². The molecule has 0 aliphatic carbocycles. The number of anilines is 1. The summed E-state index contributed by atoms with van der Waals surface area (Å²) in [7, 11) is 0. The van der Waals surface area contributed by atoms with Crippen molar-refractivity contribution in [3.63, 3.8) is 0 Å². The first-order valence-corrected chi connectivity index (χ1v) is 8.22. The van der Waals surface area contributed by atoms with Crippen LogP contribution in [-0.4, -0.2) is 31.8 Å². The summed E-state index contributed by atoms with van der Waals surface area (Å²) in [6.07, 6.45) is 1.13. The summed E-state index contributed by atoms with van der Waals surface area (Å²) in [5.41, 5.74) is 2.25. The van der Waals surface area contributed by atoms with Gasteiger partial charge in [-0.25, -0.2) is 0 Å². The number of halogens is 1. The Morgan fingerprint density at radius 3 is 2.81 bits per heavy atom. The molecular formula is C17H27ClN2O. The normalized spacial score (nSPS) is 19.6. The third-order valence-electron chi connectivity index (χ3n) is 3.94. The van der Waals surface area contributed by atoms with Crippen LogP contribution in [-0.2, 0) is 4.74 Å². The first-order valence-electron chi connectivity index (χ1n) is 7.84. The SMILES string of the molecule is CCCNC(C)c1ccc(N2CCOC(C)(C)C2)cc1Cl. The van der Waals surface area contributed by atoms with Crippen molar-refractivity contribution in [2.24, 2.45) is 0 Å². The maximum Gasteiger partial charge on any atom is 0.0801 e. The van der Waals surface area contributed by atoms with Gasteiger partial charge in [0.05, 0.1) is 12.2 Å². The predicted molar refractivity (Wildman–Crippen MR) is 90.4 cm³/mol. The molecule has 0 saturated carbocycles. The molecule has 1 aromatic rings. The van der Waals surface area contributed by atoms with Crippen molar-refractivity contribution in [1.82, 2.24) is 5.32 Å². The largest absolute Gasteiger partial charge is 0.372 e. The molecule has 0 spiro atoms. The van der Waals surface area contributed by atoms with E-state index in [9.17, 15) is 0 Å². The number of hydrogen-bond donors (Lipinski definition) is 1. The Kier molecular flexibility index (Phi) is 5.53. The second-order valence-electron chi connectivity index (χ2n) is 6.41. The molecule has 0 aromatic heterocycles. The quantitative estimate of drug-likeness (QED) is 0.889. The number of rotatable bonds is 5. The van der Waals surface area contributed by atoms with Crippen molar-refractivity contribution >= 4 is 17.3 Å². The van der Waals surface area contributed by atoms with E-state index < -0.39 is 0 Å². The van der Waals surface area contributed by atoms with E-state index in [0.29, 0.717) is 0 Å². The lowest BCUT2D eigenvalue weighted by Gasteiger charge is -2.39. The van der Waals surface area contributed by atoms with Crippen LogP contribution in [0.25, 0.3) is 0 Å². The molecule has 2 rings (SSSR count). The van der Waals surface area contributed by atoms with Gasteiger partial charge in [0.25, 0.3) is 0 Å². The molecule has 0 radical (unpaired) electrons. The fraction of sp³-hybridized carbons (Fsp3) is 0.647. The zero-order valence-electron chi connectivity index (χ0n) is 13.6. The average Bonchev–Trinajstić information content (AvgIpc) is 2.43. The molecule has 1 aromatic carbocycles. The third-order valence-corrected chi connectivity index (χ3v) is 4.27. The number of nitrogens with one attached hydrogen (secondary N) is 1. The molecule has 3 nitrogen and oxygen atoms in total. The van der Waals surface area contributed by atoms with Gasteiger partial charge < -0.3 is 15.0 Å². The predicted octanol–water partition coefficient (Wildman–Crippen LogP) is 4.02. The third kappa shape index (κ3) is 4.35. The Bertz CT molecular complexity index is 476. The van der Waals surface area contributed by atoms with E-state index in [4.69, 9.17) is 16.3 Å². The van der Waals surface area contributed by atoms with Crippen molar-refractivity contribution in [2.75, 3.05) is 31.1 Å². The van der Waals surface area contributed by atoms with Gasteiger partial charge in [0.1, 0.15) is 0 Å². The summed E-state index contributed by atoms with van der Waals surface area (Å²) in [6, 6.07) is 6.69. The van der Waals surface area contributed by atoms with Gasteiger partial charge in [-0.2, -0.15) is 0 Å². The van der Waals surface area contributed by atoms with Crippen LogP contribution in [0, 0.1) is 0 Å². The Hall–Kier alpha value is -0.770. The molecule has 1 unspecified atom stereocenters. The Balaban J connectivity index is 2.11. The van der Waals surface area contributed by atoms with E-state index in [1.807, 2.05) is 0 Å². The summed E-state index contributed by atoms with van der Waals surface area (Å²) >= 11 is 6.50. The molecule has 4 heteroatoms. The number of ether oxygens (including phenoxy) is 1. The van der Waals surface area contributed by atoms with Crippen molar-refractivity contribution in [1.29, 1.82) is 0 Å². The van der Waals surface area contributed by atoms with Crippen LogP contribution in [0.5, 0.6) is 0 Å². The first-order chi connectivity index (χ1) is 9.93. The fourth-order valence-corrected chi connectivity index (χ4v) is 3.11. The highest BCUT2D eigenvalue weighted by Gasteiger charge is 2.27. The van der Waals surface area contributed by atoms with E-state index in [1.54, 1.807) is 0 Å². The lowest BCUT2D eigenvalue weighted by molar-refractivity contribution is -0.0276. The smallest absolute Gasteiger partial charge is 0.0801 e. The number of morpholine rings is 1. The number of benzene rings is 1. The molecular weight excluding hydrogens is 284 g/mol. The van der Waals surface area contributed by atoms with Crippen LogP contribution >= 0.6 is 11.6 Å². The van der Waals surface area contributed by atoms with Crippen LogP contribution in [0.4, 0.5) is 5.69 Å². The highest BCUT2D eigenvalue weighted by atomic mass is 35.5. The molecule has 118 valence electrons. The van der Waals surface area contributed by atoms with Crippen LogP contribution in [0.15, 0.2) is 18.2 Å². The van der Waals surface area contributed by atoms with Gasteiger partial charge in [-0.05, 0) is 51.4 Å². The summed E-state index contributed by atoms with van der Waals surface area (Å²) in [5, 5.41) is 4.32. The van der Waals surface area contributed by atoms with E-state index in [-0.39, 0.29) is 11.6 Å². The number of nitrogens with zero attached hydrogens (tertiary/aromatic N) is 1. The van der Waals surface area contributed by atoms with Gasteiger partial charge in [-0.1, -0.05) is 24.6 Å². The van der Waals surface area contributed by atoms with E-state index in [1.165, 1.54) is 11.3 Å². The number of hydrogen-bond acceptors (Lipinski definition) is 3. The Labute approximate surface area is 133 Å². The molecule has 1 aliphatic heterocycles. The summed E-state index contributed by atoms with van der Waals surface area (Å²) in [6.45, 7) is 12.2. The van der Waals surface area contributed by atoms with Crippen molar-refractivity contribution in [3.05, 3.63) is 28.8 Å². The zero-order chi connectivity index (χ0) is 15.5. The maximum absolute atomic E-state index is 6.50. The van der Waals surface area contributed by atoms with Crippen LogP contribution in [0.3, 0.4) is 0 Å². The van der Waals surface area contributed by atoms with Crippen molar-refractivity contribution in [3.8, 4) is 0 Å². The highest BCUT2D eigenvalue weighted by Crippen LogP contribution is 2.30. The monoisotopic (exact) mass is 310 g/mol. The van der Waals surface area contributed by atoms with E-state index in [2.05, 4.69) is 56.1 Å². The molecule has 1 fully saturated rings. The fourth-order valence-electron chi connectivity index (χ4n) is 2.77. The molecule has 1 N–H and O–H groups in total. The molecule has 21 heavy (non-hydrogen) atoms. The maximum atomic E-state index is 6.50. The zero-order valence-corrected chi connectivity index (χ0v) is 14.3. The van der Waals surface area contributed by atoms with Crippen molar-refractivity contribution in [2.45, 2.75) is 45.8 Å². The minimum absolute atomic E-state index is 0.0978. The van der Waals surface area contributed by atoms with Gasteiger partial charge in [-0.3, -0.25) is 0 Å². The summed E-state index contributed by atoms with van der Waals surface area (Å²) in [5.74, 6) is 0. The lowest BCUT2D eigenvalue weighted by atomic mass is 10.0. The van der Waals surface area contributed by atoms with Crippen LogP contribution in [0.1, 0.15) is 45.7 Å². The lowest BCUT2D eigenvalue weighted by Crippen LogP contribution is -2.48. The van der Waals surface area contributed by atoms with Crippen molar-refractivity contribution < 1.29 is 4.74 Å². The minimum Gasteiger partial charge on any atom is -0.372 e. The van der Waals surface area contributed by atoms with Crippen LogP contribution in [0.2, 0.25) is 5.02 Å². The van der Waals surface area contributed by atoms with E-state index in [0.717, 1.165) is 37.7 Å². The average molecular weight is 311 g/mol. The van der Waals surface area contributed by atoms with Crippen LogP contribution < -0.4 is 10.2 Å².